The molecule has 0 atom stereocenters. The highest BCUT2D eigenvalue weighted by molar-refractivity contribution is 7.89. The summed E-state index contributed by atoms with van der Waals surface area (Å²) in [6.07, 6.45) is -0.253. The van der Waals surface area contributed by atoms with E-state index in [1.165, 1.54) is 6.07 Å². The Bertz CT molecular complexity index is 821. The number of carbonyl (C=O) groups excluding carboxylic acids is 3. The Hall–Kier alpha value is -2.46. The highest BCUT2D eigenvalue weighted by atomic mass is 32.2. The van der Waals surface area contributed by atoms with Gasteiger partial charge in [-0.25, -0.2) is 17.9 Å². The number of hydrogen-bond acceptors (Lipinski definition) is 6. The number of aryl methyl sites for hydroxylation is 2. The molecule has 156 valence electrons. The molecule has 1 aromatic carbocycles. The van der Waals surface area contributed by atoms with E-state index < -0.39 is 34.5 Å². The molecule has 0 aliphatic carbocycles. The van der Waals surface area contributed by atoms with Gasteiger partial charge in [0.15, 0.2) is 6.61 Å². The Balaban J connectivity index is 2.36. The number of rotatable bonds is 9. The Morgan fingerprint density at radius 2 is 1.82 bits per heavy atom. The molecule has 3 N–H and O–H groups in total. The highest BCUT2D eigenvalue weighted by Crippen LogP contribution is 2.16. The van der Waals surface area contributed by atoms with Crippen LogP contribution in [0.5, 0.6) is 0 Å². The topological polar surface area (TPSA) is 131 Å². The van der Waals surface area contributed by atoms with E-state index in [1.807, 2.05) is 26.1 Å². The maximum Gasteiger partial charge on any atom is 0.321 e. The lowest BCUT2D eigenvalue weighted by Crippen LogP contribution is -2.42. The summed E-state index contributed by atoms with van der Waals surface area (Å²) in [5.41, 5.74) is 1.54. The summed E-state index contributed by atoms with van der Waals surface area (Å²) in [5, 5.41) is 4.51. The van der Waals surface area contributed by atoms with Gasteiger partial charge in [-0.1, -0.05) is 31.5 Å². The molecule has 28 heavy (non-hydrogen) atoms. The van der Waals surface area contributed by atoms with Crippen molar-refractivity contribution in [1.82, 2.24) is 15.4 Å². The third kappa shape index (κ3) is 8.49. The smallest absolute Gasteiger partial charge is 0.321 e. The first-order chi connectivity index (χ1) is 13.0. The van der Waals surface area contributed by atoms with Crippen molar-refractivity contribution in [2.45, 2.75) is 39.0 Å². The number of nitrogens with one attached hydrogen (secondary N) is 3. The number of sulfonamides is 1. The van der Waals surface area contributed by atoms with Gasteiger partial charge in [0.1, 0.15) is 0 Å². The lowest BCUT2D eigenvalue weighted by atomic mass is 10.2. The number of carbonyl (C=O) groups is 3. The number of imide groups is 1. The zero-order valence-corrected chi connectivity index (χ0v) is 17.3. The standard InChI is InChI=1S/C18H27N3O6S/c1-12(2)10-19-18(24)21-16(22)11-27-17(23)7-8-20-28(25,26)15-6-5-13(3)9-14(15)4/h5-6,9,12,20H,7-8,10-11H2,1-4H3,(H2,19,21,22,24). The molecule has 0 radical (unpaired) electrons. The first-order valence-corrected chi connectivity index (χ1v) is 10.3. The van der Waals surface area contributed by atoms with Crippen LogP contribution >= 0.6 is 0 Å². The second-order valence-corrected chi connectivity index (χ2v) is 8.46. The van der Waals surface area contributed by atoms with E-state index in [4.69, 9.17) is 4.74 Å². The van der Waals surface area contributed by atoms with Crippen molar-refractivity contribution in [2.75, 3.05) is 19.7 Å². The molecule has 0 bridgehead atoms. The molecule has 1 rings (SSSR count). The summed E-state index contributed by atoms with van der Waals surface area (Å²) >= 11 is 0. The van der Waals surface area contributed by atoms with E-state index in [0.29, 0.717) is 12.1 Å². The summed E-state index contributed by atoms with van der Waals surface area (Å²) in [6.45, 7) is 6.95. The number of ether oxygens (including phenoxy) is 1. The second kappa shape index (κ2) is 10.8. The fourth-order valence-corrected chi connectivity index (χ4v) is 3.44. The van der Waals surface area contributed by atoms with Gasteiger partial charge >= 0.3 is 12.0 Å². The summed E-state index contributed by atoms with van der Waals surface area (Å²) in [5.74, 6) is -1.31. The van der Waals surface area contributed by atoms with Crippen LogP contribution in [-0.4, -0.2) is 46.0 Å². The normalized spacial score (nSPS) is 11.2. The molecule has 0 saturated heterocycles. The number of esters is 1. The maximum absolute atomic E-state index is 12.3. The second-order valence-electron chi connectivity index (χ2n) is 6.73. The molecule has 0 heterocycles. The van der Waals surface area contributed by atoms with Gasteiger partial charge in [0.05, 0.1) is 11.3 Å². The summed E-state index contributed by atoms with van der Waals surface area (Å²) in [7, 11) is -3.75. The molecule has 3 amide bonds. The van der Waals surface area contributed by atoms with Gasteiger partial charge in [0.2, 0.25) is 10.0 Å². The van der Waals surface area contributed by atoms with Gasteiger partial charge in [-0.3, -0.25) is 14.9 Å². The number of benzene rings is 1. The van der Waals surface area contributed by atoms with Crippen LogP contribution in [0.15, 0.2) is 23.1 Å². The van der Waals surface area contributed by atoms with Gasteiger partial charge in [-0.2, -0.15) is 0 Å². The first-order valence-electron chi connectivity index (χ1n) is 8.81. The third-order valence-electron chi connectivity index (χ3n) is 3.53. The lowest BCUT2D eigenvalue weighted by molar-refractivity contribution is -0.148. The van der Waals surface area contributed by atoms with E-state index in [9.17, 15) is 22.8 Å². The molecule has 10 heteroatoms. The van der Waals surface area contributed by atoms with Gasteiger partial charge < -0.3 is 10.1 Å². The summed E-state index contributed by atoms with van der Waals surface area (Å²) < 4.78 is 31.6. The average Bonchev–Trinajstić information content (AvgIpc) is 2.57. The first kappa shape index (κ1) is 23.6. The Kier molecular flexibility index (Phi) is 9.07. The van der Waals surface area contributed by atoms with Crippen molar-refractivity contribution in [2.24, 2.45) is 5.92 Å². The third-order valence-corrected chi connectivity index (χ3v) is 5.15. The largest absolute Gasteiger partial charge is 0.456 e. The average molecular weight is 413 g/mol. The van der Waals surface area contributed by atoms with Crippen LogP contribution in [0, 0.1) is 19.8 Å². The quantitative estimate of drug-likeness (QED) is 0.518. The van der Waals surface area contributed by atoms with E-state index in [-0.39, 0.29) is 23.8 Å². The Morgan fingerprint density at radius 3 is 2.43 bits per heavy atom. The van der Waals surface area contributed by atoms with Crippen LogP contribution in [0.25, 0.3) is 0 Å². The molecule has 0 unspecified atom stereocenters. The van der Waals surface area contributed by atoms with Crippen molar-refractivity contribution in [3.8, 4) is 0 Å². The van der Waals surface area contributed by atoms with Crippen molar-refractivity contribution in [3.63, 3.8) is 0 Å². The summed E-state index contributed by atoms with van der Waals surface area (Å²) in [6, 6.07) is 4.26. The minimum atomic E-state index is -3.75. The molecule has 1 aromatic rings. The van der Waals surface area contributed by atoms with Crippen LogP contribution in [0.1, 0.15) is 31.4 Å². The molecule has 0 spiro atoms. The predicted molar refractivity (Wildman–Crippen MR) is 103 cm³/mol. The molecular formula is C18H27N3O6S. The summed E-state index contributed by atoms with van der Waals surface area (Å²) in [4.78, 5) is 34.7. The van der Waals surface area contributed by atoms with Crippen LogP contribution in [0.4, 0.5) is 4.79 Å². The Morgan fingerprint density at radius 1 is 1.14 bits per heavy atom. The SMILES string of the molecule is Cc1ccc(S(=O)(=O)NCCC(=O)OCC(=O)NC(=O)NCC(C)C)c(C)c1. The highest BCUT2D eigenvalue weighted by Gasteiger charge is 2.17. The lowest BCUT2D eigenvalue weighted by Gasteiger charge is -2.10. The molecular weight excluding hydrogens is 386 g/mol. The van der Waals surface area contributed by atoms with Crippen LogP contribution in [0.3, 0.4) is 0 Å². The van der Waals surface area contributed by atoms with E-state index in [1.54, 1.807) is 19.1 Å². The zero-order valence-electron chi connectivity index (χ0n) is 16.5. The number of amides is 3. The van der Waals surface area contributed by atoms with E-state index in [0.717, 1.165) is 5.56 Å². The predicted octanol–water partition coefficient (Wildman–Crippen LogP) is 0.997. The molecule has 9 nitrogen and oxygen atoms in total. The molecule has 0 fully saturated rings. The van der Waals surface area contributed by atoms with Gasteiger partial charge in [0.25, 0.3) is 5.91 Å². The number of hydrogen-bond donors (Lipinski definition) is 3. The van der Waals surface area contributed by atoms with Crippen LogP contribution < -0.4 is 15.4 Å². The van der Waals surface area contributed by atoms with Gasteiger partial charge in [0, 0.05) is 13.1 Å². The molecule has 0 saturated carbocycles. The Labute approximate surface area is 165 Å². The van der Waals surface area contributed by atoms with Crippen molar-refractivity contribution in [1.29, 1.82) is 0 Å². The van der Waals surface area contributed by atoms with Crippen LogP contribution in [0.2, 0.25) is 0 Å². The molecule has 0 aliphatic heterocycles. The van der Waals surface area contributed by atoms with Crippen LogP contribution in [-0.2, 0) is 24.3 Å². The van der Waals surface area contributed by atoms with Crippen molar-refractivity contribution >= 4 is 27.9 Å². The van der Waals surface area contributed by atoms with E-state index >= 15 is 0 Å². The zero-order chi connectivity index (χ0) is 21.3. The fraction of sp³-hybridized carbons (Fsp3) is 0.500. The number of urea groups is 1. The minimum absolute atomic E-state index is 0.137. The molecule has 0 aromatic heterocycles. The van der Waals surface area contributed by atoms with Gasteiger partial charge in [-0.05, 0) is 31.4 Å². The van der Waals surface area contributed by atoms with E-state index in [2.05, 4.69) is 10.0 Å². The monoisotopic (exact) mass is 413 g/mol. The van der Waals surface area contributed by atoms with Crippen molar-refractivity contribution in [3.05, 3.63) is 29.3 Å². The van der Waals surface area contributed by atoms with Crippen molar-refractivity contribution < 1.29 is 27.5 Å². The maximum atomic E-state index is 12.3. The fourth-order valence-electron chi connectivity index (χ4n) is 2.19. The molecule has 0 aliphatic rings. The minimum Gasteiger partial charge on any atom is -0.456 e. The van der Waals surface area contributed by atoms with Gasteiger partial charge in [-0.15, -0.1) is 0 Å².